The number of ether oxygens (including phenoxy) is 1. The van der Waals surface area contributed by atoms with Crippen LogP contribution in [0.5, 0.6) is 5.75 Å². The summed E-state index contributed by atoms with van der Waals surface area (Å²) >= 11 is 0. The van der Waals surface area contributed by atoms with Crippen molar-refractivity contribution in [3.05, 3.63) is 65.2 Å². The van der Waals surface area contributed by atoms with Gasteiger partial charge in [0.1, 0.15) is 5.75 Å². The second kappa shape index (κ2) is 9.56. The smallest absolute Gasteiger partial charge is 0.337 e. The summed E-state index contributed by atoms with van der Waals surface area (Å²) in [7, 11) is 1.37. The van der Waals surface area contributed by atoms with Crippen LogP contribution in [0.3, 0.4) is 0 Å². The molecule has 0 radical (unpaired) electrons. The zero-order valence-electron chi connectivity index (χ0n) is 17.0. The van der Waals surface area contributed by atoms with Gasteiger partial charge in [0.25, 0.3) is 0 Å². The average Bonchev–Trinajstić information content (AvgIpc) is 2.65. The van der Waals surface area contributed by atoms with Crippen molar-refractivity contribution in [2.45, 2.75) is 52.1 Å². The average molecular weight is 370 g/mol. The van der Waals surface area contributed by atoms with Gasteiger partial charge in [0.2, 0.25) is 0 Å². The van der Waals surface area contributed by atoms with E-state index in [1.54, 1.807) is 18.2 Å². The topological polar surface area (TPSA) is 49.8 Å². The molecule has 0 aliphatic heterocycles. The van der Waals surface area contributed by atoms with E-state index in [-0.39, 0.29) is 11.7 Å². The summed E-state index contributed by atoms with van der Waals surface area (Å²) in [5.41, 5.74) is 2.34. The van der Waals surface area contributed by atoms with E-state index in [1.165, 1.54) is 7.11 Å². The SMILES string of the molecule is COC(=O)c1ccc(O)c(C(CCN(C(C)C)C(C)C)c2ccccc2)c1. The molecule has 0 saturated heterocycles. The molecule has 1 unspecified atom stereocenters. The van der Waals surface area contributed by atoms with E-state index in [9.17, 15) is 9.90 Å². The van der Waals surface area contributed by atoms with Gasteiger partial charge in [-0.2, -0.15) is 0 Å². The minimum absolute atomic E-state index is 0.00388. The van der Waals surface area contributed by atoms with E-state index in [0.717, 1.165) is 24.1 Å². The van der Waals surface area contributed by atoms with Crippen molar-refractivity contribution in [3.8, 4) is 5.75 Å². The summed E-state index contributed by atoms with van der Waals surface area (Å²) in [6.07, 6.45) is 0.846. The number of hydrogen-bond donors (Lipinski definition) is 1. The van der Waals surface area contributed by atoms with Gasteiger partial charge in [0.15, 0.2) is 0 Å². The van der Waals surface area contributed by atoms with Gasteiger partial charge in [0.05, 0.1) is 12.7 Å². The van der Waals surface area contributed by atoms with Gasteiger partial charge in [0, 0.05) is 23.6 Å². The fourth-order valence-corrected chi connectivity index (χ4v) is 3.66. The lowest BCUT2D eigenvalue weighted by Crippen LogP contribution is -2.38. The second-order valence-corrected chi connectivity index (χ2v) is 7.44. The number of phenolic OH excluding ortho intramolecular Hbond substituents is 1. The predicted octanol–water partition coefficient (Wildman–Crippen LogP) is 4.82. The van der Waals surface area contributed by atoms with Gasteiger partial charge in [-0.25, -0.2) is 4.79 Å². The van der Waals surface area contributed by atoms with Crippen molar-refractivity contribution < 1.29 is 14.6 Å². The quantitative estimate of drug-likeness (QED) is 0.678. The molecule has 4 nitrogen and oxygen atoms in total. The molecule has 0 heterocycles. The van der Waals surface area contributed by atoms with Gasteiger partial charge in [-0.05, 0) is 64.4 Å². The standard InChI is InChI=1S/C23H31NO3/c1-16(2)24(17(3)4)14-13-20(18-9-7-6-8-10-18)21-15-19(23(26)27-5)11-12-22(21)25/h6-12,15-17,20,25H,13-14H2,1-5H3. The molecule has 2 aromatic carbocycles. The molecule has 0 bridgehead atoms. The molecule has 1 atom stereocenters. The summed E-state index contributed by atoms with van der Waals surface area (Å²) in [6, 6.07) is 16.0. The molecular weight excluding hydrogens is 338 g/mol. The molecular formula is C23H31NO3. The van der Waals surface area contributed by atoms with Crippen molar-refractivity contribution in [2.75, 3.05) is 13.7 Å². The maximum absolute atomic E-state index is 12.0. The number of carbonyl (C=O) groups excluding carboxylic acids is 1. The first-order valence-electron chi connectivity index (χ1n) is 9.57. The Hall–Kier alpha value is -2.33. The highest BCUT2D eigenvalue weighted by Crippen LogP contribution is 2.35. The molecule has 0 aliphatic rings. The predicted molar refractivity (Wildman–Crippen MR) is 109 cm³/mol. The number of phenols is 1. The fraction of sp³-hybridized carbons (Fsp3) is 0.435. The summed E-state index contributed by atoms with van der Waals surface area (Å²) in [6.45, 7) is 9.70. The minimum Gasteiger partial charge on any atom is -0.508 e. The van der Waals surface area contributed by atoms with Crippen LogP contribution in [0, 0.1) is 0 Å². The van der Waals surface area contributed by atoms with Gasteiger partial charge >= 0.3 is 5.97 Å². The highest BCUT2D eigenvalue weighted by molar-refractivity contribution is 5.89. The summed E-state index contributed by atoms with van der Waals surface area (Å²) in [5, 5.41) is 10.5. The zero-order valence-corrected chi connectivity index (χ0v) is 17.0. The Balaban J connectivity index is 2.41. The lowest BCUT2D eigenvalue weighted by atomic mass is 9.86. The Morgan fingerprint density at radius 2 is 1.67 bits per heavy atom. The molecule has 0 fully saturated rings. The highest BCUT2D eigenvalue weighted by atomic mass is 16.5. The van der Waals surface area contributed by atoms with Crippen molar-refractivity contribution in [2.24, 2.45) is 0 Å². The van der Waals surface area contributed by atoms with E-state index < -0.39 is 5.97 Å². The summed E-state index contributed by atoms with van der Waals surface area (Å²) in [4.78, 5) is 14.4. The number of nitrogens with zero attached hydrogens (tertiary/aromatic N) is 1. The monoisotopic (exact) mass is 369 g/mol. The second-order valence-electron chi connectivity index (χ2n) is 7.44. The Kier molecular flexibility index (Phi) is 7.43. The van der Waals surface area contributed by atoms with Crippen LogP contribution in [0.1, 0.15) is 61.5 Å². The maximum Gasteiger partial charge on any atom is 0.337 e. The summed E-state index contributed by atoms with van der Waals surface area (Å²) in [5.74, 6) is -0.193. The van der Waals surface area contributed by atoms with E-state index in [4.69, 9.17) is 4.74 Å². The van der Waals surface area contributed by atoms with E-state index in [0.29, 0.717) is 17.6 Å². The number of carbonyl (C=O) groups is 1. The normalized spacial score (nSPS) is 12.6. The van der Waals surface area contributed by atoms with E-state index in [1.807, 2.05) is 18.2 Å². The number of aromatic hydroxyl groups is 1. The molecule has 27 heavy (non-hydrogen) atoms. The Morgan fingerprint density at radius 1 is 1.04 bits per heavy atom. The lowest BCUT2D eigenvalue weighted by molar-refractivity contribution is 0.0600. The largest absolute Gasteiger partial charge is 0.508 e. The van der Waals surface area contributed by atoms with Gasteiger partial charge in [-0.3, -0.25) is 4.90 Å². The lowest BCUT2D eigenvalue weighted by Gasteiger charge is -2.32. The molecule has 0 aromatic heterocycles. The Bertz CT molecular complexity index is 733. The highest BCUT2D eigenvalue weighted by Gasteiger charge is 2.22. The molecule has 0 amide bonds. The first-order valence-corrected chi connectivity index (χ1v) is 9.57. The number of hydrogen-bond acceptors (Lipinski definition) is 4. The molecule has 2 aromatic rings. The van der Waals surface area contributed by atoms with Crippen LogP contribution < -0.4 is 0 Å². The Labute approximate surface area is 162 Å². The number of methoxy groups -OCH3 is 1. The number of rotatable bonds is 8. The van der Waals surface area contributed by atoms with Crippen molar-refractivity contribution in [3.63, 3.8) is 0 Å². The summed E-state index contributed by atoms with van der Waals surface area (Å²) < 4.78 is 4.85. The van der Waals surface area contributed by atoms with Crippen molar-refractivity contribution >= 4 is 5.97 Å². The fourth-order valence-electron chi connectivity index (χ4n) is 3.66. The van der Waals surface area contributed by atoms with Crippen LogP contribution in [0.25, 0.3) is 0 Å². The zero-order chi connectivity index (χ0) is 20.0. The van der Waals surface area contributed by atoms with Crippen LogP contribution in [0.15, 0.2) is 48.5 Å². The molecule has 2 rings (SSSR count). The first kappa shape index (κ1) is 21.0. The molecule has 146 valence electrons. The van der Waals surface area contributed by atoms with Crippen LogP contribution in [-0.2, 0) is 4.74 Å². The third-order valence-electron chi connectivity index (χ3n) is 5.03. The number of esters is 1. The van der Waals surface area contributed by atoms with Crippen LogP contribution >= 0.6 is 0 Å². The first-order chi connectivity index (χ1) is 12.8. The van der Waals surface area contributed by atoms with Crippen molar-refractivity contribution in [1.82, 2.24) is 4.90 Å². The van der Waals surface area contributed by atoms with Crippen LogP contribution in [-0.4, -0.2) is 41.7 Å². The molecule has 0 saturated carbocycles. The van der Waals surface area contributed by atoms with Crippen molar-refractivity contribution in [1.29, 1.82) is 0 Å². The van der Waals surface area contributed by atoms with Gasteiger partial charge in [-0.1, -0.05) is 30.3 Å². The van der Waals surface area contributed by atoms with Crippen LogP contribution in [0.2, 0.25) is 0 Å². The molecule has 4 heteroatoms. The van der Waals surface area contributed by atoms with Crippen LogP contribution in [0.4, 0.5) is 0 Å². The third-order valence-corrected chi connectivity index (χ3v) is 5.03. The van der Waals surface area contributed by atoms with E-state index >= 15 is 0 Å². The maximum atomic E-state index is 12.0. The van der Waals surface area contributed by atoms with E-state index in [2.05, 4.69) is 44.7 Å². The molecule has 0 spiro atoms. The molecule has 1 N–H and O–H groups in total. The number of benzene rings is 2. The third kappa shape index (κ3) is 5.33. The molecule has 0 aliphatic carbocycles. The van der Waals surface area contributed by atoms with Gasteiger partial charge < -0.3 is 9.84 Å². The minimum atomic E-state index is -0.394. The Morgan fingerprint density at radius 3 is 2.22 bits per heavy atom. The van der Waals surface area contributed by atoms with Gasteiger partial charge in [-0.15, -0.1) is 0 Å².